The van der Waals surface area contributed by atoms with Crippen LogP contribution < -0.4 is 4.74 Å². The Labute approximate surface area is 67.0 Å². The zero-order valence-electron chi connectivity index (χ0n) is 6.34. The molecule has 1 aliphatic heterocycles. The maximum Gasteiger partial charge on any atom is 0.122 e. The van der Waals surface area contributed by atoms with Crippen LogP contribution in [0.4, 0.5) is 0 Å². The quantitative estimate of drug-likeness (QED) is 0.544. The molecule has 1 aliphatic rings. The van der Waals surface area contributed by atoms with Gasteiger partial charge in [0, 0.05) is 0 Å². The number of para-hydroxylation sites is 1. The second-order valence-corrected chi connectivity index (χ2v) is 2.63. The minimum absolute atomic E-state index is 0.775. The standard InChI is InChI=1S/C10H10O/c1-2-7-10-9(5-1)6-3-4-8-11-10/h1-2,5,7H,4,6,8H2. The van der Waals surface area contributed by atoms with Crippen molar-refractivity contribution in [2.45, 2.75) is 12.8 Å². The average molecular weight is 146 g/mol. The third-order valence-electron chi connectivity index (χ3n) is 1.82. The molecule has 1 aromatic carbocycles. The van der Waals surface area contributed by atoms with Crippen molar-refractivity contribution in [3.8, 4) is 5.75 Å². The topological polar surface area (TPSA) is 9.23 Å². The van der Waals surface area contributed by atoms with Crippen molar-refractivity contribution in [1.29, 1.82) is 0 Å². The molecule has 56 valence electrons. The number of hydrogen-bond donors (Lipinski definition) is 0. The second kappa shape index (κ2) is 2.95. The van der Waals surface area contributed by atoms with Crippen LogP contribution in [0.3, 0.4) is 0 Å². The van der Waals surface area contributed by atoms with Crippen molar-refractivity contribution in [3.05, 3.63) is 36.2 Å². The van der Waals surface area contributed by atoms with Gasteiger partial charge in [-0.25, -0.2) is 0 Å². The van der Waals surface area contributed by atoms with E-state index in [1.54, 1.807) is 0 Å². The highest BCUT2D eigenvalue weighted by Crippen LogP contribution is 2.22. The van der Waals surface area contributed by atoms with Crippen LogP contribution in [0.25, 0.3) is 0 Å². The molecule has 0 saturated carbocycles. The van der Waals surface area contributed by atoms with E-state index in [-0.39, 0.29) is 0 Å². The number of fused-ring (bicyclic) bond motifs is 1. The molecule has 0 unspecified atom stereocenters. The van der Waals surface area contributed by atoms with Gasteiger partial charge in [0.15, 0.2) is 0 Å². The highest BCUT2D eigenvalue weighted by atomic mass is 16.5. The highest BCUT2D eigenvalue weighted by Gasteiger charge is 2.06. The lowest BCUT2D eigenvalue weighted by atomic mass is 10.1. The second-order valence-electron chi connectivity index (χ2n) is 2.63. The summed E-state index contributed by atoms with van der Waals surface area (Å²) in [7, 11) is 0. The van der Waals surface area contributed by atoms with E-state index in [1.165, 1.54) is 5.56 Å². The molecule has 0 amide bonds. The van der Waals surface area contributed by atoms with E-state index in [1.807, 2.05) is 18.2 Å². The van der Waals surface area contributed by atoms with Gasteiger partial charge in [-0.3, -0.25) is 0 Å². The van der Waals surface area contributed by atoms with Gasteiger partial charge in [-0.1, -0.05) is 18.2 Å². The summed E-state index contributed by atoms with van der Waals surface area (Å²) in [5.74, 6) is 1.03. The summed E-state index contributed by atoms with van der Waals surface area (Å²) in [6, 6.07) is 8.15. The van der Waals surface area contributed by atoms with Crippen LogP contribution >= 0.6 is 0 Å². The molecule has 2 radical (unpaired) electrons. The Morgan fingerprint density at radius 2 is 2.18 bits per heavy atom. The monoisotopic (exact) mass is 146 g/mol. The lowest BCUT2D eigenvalue weighted by Gasteiger charge is -2.04. The molecule has 0 bridgehead atoms. The molecule has 0 spiro atoms. The maximum atomic E-state index is 5.49. The molecule has 1 nitrogen and oxygen atoms in total. The van der Waals surface area contributed by atoms with E-state index in [0.717, 1.165) is 25.2 Å². The lowest BCUT2D eigenvalue weighted by Crippen LogP contribution is -1.93. The Kier molecular flexibility index (Phi) is 1.80. The predicted octanol–water partition coefficient (Wildman–Crippen LogP) is 2.09. The van der Waals surface area contributed by atoms with Crippen molar-refractivity contribution in [2.75, 3.05) is 6.61 Å². The van der Waals surface area contributed by atoms with E-state index >= 15 is 0 Å². The zero-order valence-corrected chi connectivity index (χ0v) is 6.34. The first kappa shape index (κ1) is 6.71. The Bertz CT molecular complexity index is 217. The number of hydrogen-bond acceptors (Lipinski definition) is 1. The van der Waals surface area contributed by atoms with E-state index in [4.69, 9.17) is 4.74 Å². The van der Waals surface area contributed by atoms with Gasteiger partial charge in [0.05, 0.1) is 6.61 Å². The molecule has 1 aromatic rings. The summed E-state index contributed by atoms with van der Waals surface area (Å²) in [6.07, 6.45) is 5.14. The van der Waals surface area contributed by atoms with Gasteiger partial charge in [-0.05, 0) is 30.9 Å². The lowest BCUT2D eigenvalue weighted by molar-refractivity contribution is 0.325. The van der Waals surface area contributed by atoms with Crippen LogP contribution in [0.5, 0.6) is 5.75 Å². The molecule has 1 heterocycles. The van der Waals surface area contributed by atoms with Gasteiger partial charge in [0.2, 0.25) is 0 Å². The van der Waals surface area contributed by atoms with Gasteiger partial charge >= 0.3 is 0 Å². The maximum absolute atomic E-state index is 5.49. The van der Waals surface area contributed by atoms with Gasteiger partial charge in [0.1, 0.15) is 5.75 Å². The van der Waals surface area contributed by atoms with Crippen molar-refractivity contribution in [2.24, 2.45) is 0 Å². The van der Waals surface area contributed by atoms with Crippen molar-refractivity contribution < 1.29 is 4.74 Å². The van der Waals surface area contributed by atoms with E-state index < -0.39 is 0 Å². The van der Waals surface area contributed by atoms with Gasteiger partial charge in [0.25, 0.3) is 0 Å². The molecule has 0 fully saturated rings. The van der Waals surface area contributed by atoms with Crippen LogP contribution in [-0.4, -0.2) is 6.61 Å². The van der Waals surface area contributed by atoms with Crippen LogP contribution in [0.2, 0.25) is 0 Å². The molecule has 1 heteroatoms. The van der Waals surface area contributed by atoms with Crippen molar-refractivity contribution in [1.82, 2.24) is 0 Å². The van der Waals surface area contributed by atoms with E-state index in [0.29, 0.717) is 0 Å². The third-order valence-corrected chi connectivity index (χ3v) is 1.82. The summed E-state index contributed by atoms with van der Waals surface area (Å²) in [6.45, 7) is 0.775. The van der Waals surface area contributed by atoms with E-state index in [2.05, 4.69) is 12.5 Å². The predicted molar refractivity (Wildman–Crippen MR) is 43.5 cm³/mol. The first-order valence-corrected chi connectivity index (χ1v) is 3.88. The first-order chi connectivity index (χ1) is 5.47. The van der Waals surface area contributed by atoms with Gasteiger partial charge < -0.3 is 4.74 Å². The number of benzene rings is 1. The fourth-order valence-electron chi connectivity index (χ4n) is 1.25. The highest BCUT2D eigenvalue weighted by molar-refractivity contribution is 5.34. The summed E-state index contributed by atoms with van der Waals surface area (Å²) < 4.78 is 5.49. The average Bonchev–Trinajstić information content (AvgIpc) is 2.28. The molecule has 11 heavy (non-hydrogen) atoms. The number of ether oxygens (including phenoxy) is 1. The third kappa shape index (κ3) is 1.37. The van der Waals surface area contributed by atoms with Crippen molar-refractivity contribution >= 4 is 0 Å². The van der Waals surface area contributed by atoms with Crippen LogP contribution in [0.1, 0.15) is 12.0 Å². The van der Waals surface area contributed by atoms with Gasteiger partial charge in [-0.15, -0.1) is 0 Å². The molecular weight excluding hydrogens is 136 g/mol. The fraction of sp³-hybridized carbons (Fsp3) is 0.300. The van der Waals surface area contributed by atoms with Crippen LogP contribution in [-0.2, 0) is 6.42 Å². The summed E-state index contributed by atoms with van der Waals surface area (Å²) in [4.78, 5) is 0. The summed E-state index contributed by atoms with van der Waals surface area (Å²) >= 11 is 0. The molecular formula is C10H10O. The van der Waals surface area contributed by atoms with Crippen LogP contribution in [0.15, 0.2) is 24.3 Å². The van der Waals surface area contributed by atoms with Crippen molar-refractivity contribution in [3.63, 3.8) is 0 Å². The Morgan fingerprint density at radius 3 is 3.18 bits per heavy atom. The largest absolute Gasteiger partial charge is 0.493 e. The smallest absolute Gasteiger partial charge is 0.122 e. The van der Waals surface area contributed by atoms with Gasteiger partial charge in [-0.2, -0.15) is 0 Å². The normalized spacial score (nSPS) is 16.4. The molecule has 0 saturated heterocycles. The molecule has 0 aromatic heterocycles. The summed E-state index contributed by atoms with van der Waals surface area (Å²) in [5, 5.41) is 0. The molecule has 2 rings (SSSR count). The SMILES string of the molecule is [C]1CCOc2ccccc2C1. The molecule has 0 N–H and O–H groups in total. The number of rotatable bonds is 0. The molecule has 0 atom stereocenters. The Hall–Kier alpha value is -0.980. The minimum Gasteiger partial charge on any atom is -0.493 e. The van der Waals surface area contributed by atoms with Crippen LogP contribution in [0, 0.1) is 6.42 Å². The molecule has 0 aliphatic carbocycles. The Balaban J connectivity index is 2.33. The Morgan fingerprint density at radius 1 is 1.27 bits per heavy atom. The summed E-state index contributed by atoms with van der Waals surface area (Å²) in [5.41, 5.74) is 1.25. The fourth-order valence-corrected chi connectivity index (χ4v) is 1.25. The minimum atomic E-state index is 0.775. The zero-order chi connectivity index (χ0) is 7.52. The first-order valence-electron chi connectivity index (χ1n) is 3.88. The van der Waals surface area contributed by atoms with E-state index in [9.17, 15) is 0 Å².